The summed E-state index contributed by atoms with van der Waals surface area (Å²) in [6.45, 7) is 7.13. The second-order valence-electron chi connectivity index (χ2n) is 18.7. The van der Waals surface area contributed by atoms with Crippen molar-refractivity contribution in [3.05, 3.63) is 172 Å². The van der Waals surface area contributed by atoms with E-state index in [2.05, 4.69) is 61.8 Å². The first-order chi connectivity index (χ1) is 41.4. The quantitative estimate of drug-likeness (QED) is 0.0229. The monoisotopic (exact) mass is 1380 g/mol. The Morgan fingerprint density at radius 3 is 2.01 bits per heavy atom. The lowest BCUT2D eigenvalue weighted by atomic mass is 10.1. The molecule has 89 heavy (non-hydrogen) atoms. The van der Waals surface area contributed by atoms with Gasteiger partial charge in [-0.1, -0.05) is 31.4 Å². The van der Waals surface area contributed by atoms with Gasteiger partial charge in [-0.05, 0) is 110 Å². The third-order valence-corrected chi connectivity index (χ3v) is 21.3. The number of fused-ring (bicyclic) bond motifs is 14. The van der Waals surface area contributed by atoms with Crippen molar-refractivity contribution in [2.24, 2.45) is 30.7 Å². The van der Waals surface area contributed by atoms with Gasteiger partial charge in [0.25, 0.3) is 30.2 Å². The Labute approximate surface area is 511 Å². The highest BCUT2D eigenvalue weighted by Crippen LogP contribution is 2.37. The highest BCUT2D eigenvalue weighted by molar-refractivity contribution is 7.96. The van der Waals surface area contributed by atoms with E-state index in [0.717, 1.165) is 60.7 Å². The molecule has 30 nitrogen and oxygen atoms in total. The van der Waals surface area contributed by atoms with E-state index in [4.69, 9.17) is 20.3 Å². The van der Waals surface area contributed by atoms with Crippen LogP contribution in [0, 0.1) is 0 Å². The van der Waals surface area contributed by atoms with Gasteiger partial charge in [0.1, 0.15) is 28.4 Å². The van der Waals surface area contributed by atoms with Crippen LogP contribution in [0.5, 0.6) is 0 Å². The van der Waals surface area contributed by atoms with E-state index in [-0.39, 0.29) is 113 Å². The van der Waals surface area contributed by atoms with Gasteiger partial charge in [-0.25, -0.2) is 66.2 Å². The largest absolute Gasteiger partial charge is 0.397 e. The van der Waals surface area contributed by atoms with Crippen molar-refractivity contribution in [3.8, 4) is 0 Å². The van der Waals surface area contributed by atoms with Crippen molar-refractivity contribution in [2.75, 3.05) is 36.0 Å². The van der Waals surface area contributed by atoms with Crippen LogP contribution in [0.15, 0.2) is 194 Å². The number of aromatic amines is 2. The summed E-state index contributed by atoms with van der Waals surface area (Å²) in [5.41, 5.74) is 6.00. The van der Waals surface area contributed by atoms with Crippen molar-refractivity contribution in [1.82, 2.24) is 14.7 Å². The third-order valence-electron chi connectivity index (χ3n) is 12.5. The number of aromatic nitrogens is 2. The summed E-state index contributed by atoms with van der Waals surface area (Å²) in [5.74, 6) is 0.470. The topological polar surface area (TPSA) is 482 Å². The number of allylic oxidation sites excluding steroid dienone is 4. The Kier molecular flexibility index (Phi) is 19.5. The fourth-order valence-corrected chi connectivity index (χ4v) is 14.5. The summed E-state index contributed by atoms with van der Waals surface area (Å²) in [7, 11) is -31.3. The normalized spacial score (nSPS) is 17.0. The molecule has 472 valence electrons. The van der Waals surface area contributed by atoms with Crippen LogP contribution in [0.4, 0.5) is 17.3 Å². The van der Waals surface area contributed by atoms with Crippen LogP contribution in [0.2, 0.25) is 0 Å². The third kappa shape index (κ3) is 16.5. The smallest absolute Gasteiger partial charge is 0.383 e. The van der Waals surface area contributed by atoms with Gasteiger partial charge in [-0.3, -0.25) is 32.3 Å². The van der Waals surface area contributed by atoms with Crippen molar-refractivity contribution >= 4 is 144 Å². The molecule has 4 aromatic carbocycles. The van der Waals surface area contributed by atoms with Crippen LogP contribution in [0.3, 0.4) is 0 Å². The Bertz CT molecular complexity index is 5210. The minimum atomic E-state index is -4.96. The summed E-state index contributed by atoms with van der Waals surface area (Å²) in [5, 5.41) is 0.684. The Morgan fingerprint density at radius 1 is 0.697 bits per heavy atom. The first-order valence-corrected chi connectivity index (χ1v) is 36.8. The second-order valence-corrected chi connectivity index (χ2v) is 31.1. The van der Waals surface area contributed by atoms with Gasteiger partial charge in [-0.2, -0.15) is 16.8 Å². The van der Waals surface area contributed by atoms with E-state index in [1.807, 2.05) is 0 Å². The highest BCUT2D eigenvalue weighted by Gasteiger charge is 2.28. The van der Waals surface area contributed by atoms with E-state index in [1.165, 1.54) is 61.5 Å². The molecule has 2 aliphatic heterocycles. The lowest BCUT2D eigenvalue weighted by Crippen LogP contribution is -2.22. The molecule has 2 aromatic heterocycles. The molecular formula is C51H50N10O20S8. The minimum absolute atomic E-state index is 0.00609. The summed E-state index contributed by atoms with van der Waals surface area (Å²) in [6, 6.07) is 15.6. The summed E-state index contributed by atoms with van der Waals surface area (Å²) >= 11 is -2.53. The first-order valence-electron chi connectivity index (χ1n) is 25.0. The molecule has 6 bridgehead atoms. The van der Waals surface area contributed by atoms with Gasteiger partial charge in [0.15, 0.2) is 52.5 Å². The number of amidine groups is 3. The molecule has 2 atom stereocenters. The number of H-pyrrole nitrogens is 2. The number of nitrogens with zero attached hydrogens (tertiary/aromatic N) is 5. The molecule has 0 aliphatic carbocycles. The van der Waals surface area contributed by atoms with Crippen molar-refractivity contribution in [3.63, 3.8) is 0 Å². The highest BCUT2D eigenvalue weighted by atomic mass is 32.3. The maximum absolute atomic E-state index is 14.3. The maximum Gasteiger partial charge on any atom is 0.397 e. The van der Waals surface area contributed by atoms with Crippen LogP contribution < -0.4 is 26.2 Å². The summed E-state index contributed by atoms with van der Waals surface area (Å²) < 4.78 is 231. The SMILES string of the molecule is C=C(/C=C\C(=C/C)S(=O)(=O)CCOS(=O)(=O)O)NS(=O)(=O)c1ccc2c3[nH]c(c2c1)=NC1=NC(=Nc2[nH]c(c4cc(S(=O)O)ccc24)N=C(N)C(=C)/C=C\C(S(=O)(=O)Nc2ccc(S(=O)(=O)CCOS(=C)(=O)O)cc2)=C/CCN=3)c2cc(S(=O)(=O)O)ccc21. The zero-order valence-corrected chi connectivity index (χ0v) is 52.3. The Morgan fingerprint density at radius 2 is 1.35 bits per heavy atom. The number of anilines is 1. The maximum atomic E-state index is 14.3. The van der Waals surface area contributed by atoms with Gasteiger partial charge in [-0.15, -0.1) is 0 Å². The molecule has 0 radical (unpaired) electrons. The molecule has 0 saturated carbocycles. The fourth-order valence-electron chi connectivity index (χ4n) is 8.32. The number of nitrogens with two attached hydrogens (primary N) is 1. The van der Waals surface area contributed by atoms with E-state index < -0.39 is 126 Å². The number of hydrogen-bond acceptors (Lipinski definition) is 22. The summed E-state index contributed by atoms with van der Waals surface area (Å²) in [6.07, 6.45) is 6.55. The number of sulfone groups is 2. The van der Waals surface area contributed by atoms with Gasteiger partial charge < -0.3 is 20.3 Å². The molecule has 0 fully saturated rings. The number of sulfonamides is 2. The lowest BCUT2D eigenvalue weighted by Gasteiger charge is -2.11. The zero-order chi connectivity index (χ0) is 65.2. The predicted molar refractivity (Wildman–Crippen MR) is 333 cm³/mol. The molecule has 0 spiro atoms. The van der Waals surface area contributed by atoms with Crippen molar-refractivity contribution in [2.45, 2.75) is 32.9 Å². The molecule has 38 heteroatoms. The molecule has 8 rings (SSSR count). The van der Waals surface area contributed by atoms with E-state index >= 15 is 0 Å². The molecule has 6 aromatic rings. The molecule has 0 saturated heterocycles. The average Bonchev–Trinajstić information content (AvgIpc) is 1.68. The van der Waals surface area contributed by atoms with E-state index in [1.54, 1.807) is 0 Å². The molecule has 2 aliphatic rings. The zero-order valence-electron chi connectivity index (χ0n) is 45.7. The first kappa shape index (κ1) is 67.0. The Balaban J connectivity index is 1.26. The Hall–Kier alpha value is -7.96. The molecule has 2 unspecified atom stereocenters. The second kappa shape index (κ2) is 25.9. The van der Waals surface area contributed by atoms with Gasteiger partial charge in [0.2, 0.25) is 0 Å². The van der Waals surface area contributed by atoms with E-state index in [9.17, 15) is 72.6 Å². The number of aliphatic imine (C=N–C) groups is 3. The van der Waals surface area contributed by atoms with Crippen LogP contribution in [-0.4, -0.2) is 142 Å². The number of rotatable bonds is 20. The van der Waals surface area contributed by atoms with Crippen LogP contribution >= 0.6 is 0 Å². The van der Waals surface area contributed by atoms with Gasteiger partial charge in [0.05, 0.1) is 54.1 Å². The van der Waals surface area contributed by atoms with Gasteiger partial charge in [0, 0.05) is 62.0 Å². The molecular weight excluding hydrogens is 1330 g/mol. The number of hydrogen-bond donors (Lipinski definition) is 9. The molecule has 0 amide bonds. The fraction of sp³-hybridized carbons (Fsp3) is 0.137. The minimum Gasteiger partial charge on any atom is -0.383 e. The van der Waals surface area contributed by atoms with Crippen LogP contribution in [-0.2, 0) is 89.8 Å². The van der Waals surface area contributed by atoms with Crippen molar-refractivity contribution < 1.29 is 85.5 Å². The standard InChI is InChI=1S/C51H50N10O20S8/c1-5-34(84(66,67)26-24-81-89(77,78)79)14-9-31(3)60-87(72,73)37-17-20-39-43(28-37)50-55-46(39)53-22-6-7-36(86(70,71)61-32-10-15-35(16-11-32)85(68,69)25-23-80-83(4,64)65)13-8-30(2)45(52)54-49-42-27-33(82(62)63)12-19-40(42)47(56-49)58-51-44-29-38(88(74,75)76)18-21-41(44)48(57-50)59-51/h5,7-21,27-29,56,60-61H,2-4,6,22-26H2,1H3,(H2,52,54)(H,62,63)(H,64,65)(H,74,75,76)(H,77,78,79)(H,53,55,57,58,59)/b13-8-,14-9-,34-5+,36-7+. The number of nitrogens with one attached hydrogen (secondary N) is 4. The molecule has 4 heterocycles. The summed E-state index contributed by atoms with van der Waals surface area (Å²) in [4.78, 5) is 27.1. The van der Waals surface area contributed by atoms with Crippen LogP contribution in [0.1, 0.15) is 24.5 Å². The average molecular weight is 1380 g/mol. The molecule has 10 N–H and O–H groups in total. The van der Waals surface area contributed by atoms with Gasteiger partial charge >= 0.3 is 10.4 Å². The lowest BCUT2D eigenvalue weighted by molar-refractivity contribution is 0.284. The van der Waals surface area contributed by atoms with E-state index in [0.29, 0.717) is 0 Å². The van der Waals surface area contributed by atoms with Crippen LogP contribution in [0.25, 0.3) is 21.5 Å². The number of benzene rings is 4. The predicted octanol–water partition coefficient (Wildman–Crippen LogP) is 3.47. The van der Waals surface area contributed by atoms with Crippen molar-refractivity contribution in [1.29, 1.82) is 0 Å².